The van der Waals surface area contributed by atoms with Crippen molar-refractivity contribution in [1.82, 2.24) is 4.57 Å². The van der Waals surface area contributed by atoms with Crippen LogP contribution in [0.5, 0.6) is 0 Å². The maximum atomic E-state index is 11.2. The van der Waals surface area contributed by atoms with Gasteiger partial charge in [0.15, 0.2) is 0 Å². The number of nitro groups is 1. The van der Waals surface area contributed by atoms with Crippen molar-refractivity contribution < 1.29 is 19.3 Å². The molecule has 0 unspecified atom stereocenters. The number of oxime groups is 1. The highest BCUT2D eigenvalue weighted by molar-refractivity contribution is 6.12. The van der Waals surface area contributed by atoms with Crippen molar-refractivity contribution in [2.75, 3.05) is 13.2 Å². The molecule has 0 N–H and O–H groups in total. The van der Waals surface area contributed by atoms with Crippen LogP contribution in [0.1, 0.15) is 26.3 Å². The smallest absolute Gasteiger partial charge is 0.331 e. The maximum Gasteiger partial charge on any atom is 0.331 e. The Morgan fingerprint density at radius 2 is 1.82 bits per heavy atom. The van der Waals surface area contributed by atoms with E-state index in [0.717, 1.165) is 27.4 Å². The first-order valence-corrected chi connectivity index (χ1v) is 8.93. The van der Waals surface area contributed by atoms with E-state index in [1.807, 2.05) is 25.1 Å². The number of nitrogens with zero attached hydrogens (tertiary/aromatic N) is 3. The van der Waals surface area contributed by atoms with Crippen LogP contribution in [-0.2, 0) is 20.9 Å². The van der Waals surface area contributed by atoms with Gasteiger partial charge in [-0.2, -0.15) is 0 Å². The topological polar surface area (TPSA) is 96.0 Å². The summed E-state index contributed by atoms with van der Waals surface area (Å²) in [5, 5.41) is 16.7. The summed E-state index contributed by atoms with van der Waals surface area (Å²) in [5.41, 5.74) is 3.18. The zero-order valence-corrected chi connectivity index (χ0v) is 16.0. The van der Waals surface area contributed by atoms with Gasteiger partial charge in [0.2, 0.25) is 0 Å². The number of non-ortho nitro benzene ring substituents is 1. The van der Waals surface area contributed by atoms with Crippen molar-refractivity contribution in [1.29, 1.82) is 0 Å². The summed E-state index contributed by atoms with van der Waals surface area (Å²) in [6.45, 7) is 6.75. The van der Waals surface area contributed by atoms with Gasteiger partial charge in [0.05, 0.1) is 17.2 Å². The third-order valence-corrected chi connectivity index (χ3v) is 4.45. The van der Waals surface area contributed by atoms with Crippen molar-refractivity contribution in [2.45, 2.75) is 27.3 Å². The molecule has 1 heterocycles. The molecule has 1 aromatic heterocycles. The summed E-state index contributed by atoms with van der Waals surface area (Å²) in [4.78, 5) is 26.5. The minimum absolute atomic E-state index is 0.0343. The molecule has 3 rings (SSSR count). The Bertz CT molecular complexity index is 1080. The molecular weight excluding hydrogens is 362 g/mol. The number of rotatable bonds is 7. The van der Waals surface area contributed by atoms with Crippen molar-refractivity contribution in [3.63, 3.8) is 0 Å². The average Bonchev–Trinajstić information content (AvgIpc) is 2.98. The zero-order valence-electron chi connectivity index (χ0n) is 16.0. The normalized spacial score (nSPS) is 11.9. The van der Waals surface area contributed by atoms with Crippen LogP contribution in [-0.4, -0.2) is 34.4 Å². The molecule has 0 amide bonds. The fourth-order valence-electron chi connectivity index (χ4n) is 3.16. The molecule has 8 nitrogen and oxygen atoms in total. The monoisotopic (exact) mass is 383 g/mol. The first-order valence-electron chi connectivity index (χ1n) is 8.93. The number of carbonyl (C=O) groups is 1. The molecule has 8 heteroatoms. The summed E-state index contributed by atoms with van der Waals surface area (Å²) >= 11 is 0. The summed E-state index contributed by atoms with van der Waals surface area (Å²) in [7, 11) is 0. The van der Waals surface area contributed by atoms with E-state index < -0.39 is 10.9 Å². The number of ether oxygens (including phenoxy) is 1. The Morgan fingerprint density at radius 1 is 1.14 bits per heavy atom. The molecule has 0 atom stereocenters. The Kier molecular flexibility index (Phi) is 5.70. The first-order chi connectivity index (χ1) is 13.4. The van der Waals surface area contributed by atoms with Crippen LogP contribution >= 0.6 is 0 Å². The van der Waals surface area contributed by atoms with Crippen molar-refractivity contribution in [3.05, 3.63) is 52.1 Å². The minimum atomic E-state index is -0.497. The van der Waals surface area contributed by atoms with E-state index in [-0.39, 0.29) is 5.69 Å². The Balaban J connectivity index is 2.18. The van der Waals surface area contributed by atoms with Crippen molar-refractivity contribution >= 4 is 39.2 Å². The van der Waals surface area contributed by atoms with Crippen LogP contribution in [0.3, 0.4) is 0 Å². The van der Waals surface area contributed by atoms with Gasteiger partial charge >= 0.3 is 5.97 Å². The molecule has 0 saturated carbocycles. The number of hydrogen-bond acceptors (Lipinski definition) is 6. The number of hydrogen-bond donors (Lipinski definition) is 0. The lowest BCUT2D eigenvalue weighted by Gasteiger charge is -2.08. The van der Waals surface area contributed by atoms with Crippen molar-refractivity contribution in [2.24, 2.45) is 5.16 Å². The van der Waals surface area contributed by atoms with Crippen molar-refractivity contribution in [3.8, 4) is 0 Å². The van der Waals surface area contributed by atoms with E-state index in [0.29, 0.717) is 25.5 Å². The fourth-order valence-corrected chi connectivity index (χ4v) is 3.16. The molecule has 0 saturated heterocycles. The van der Waals surface area contributed by atoms with E-state index in [4.69, 9.17) is 9.57 Å². The predicted octanol–water partition coefficient (Wildman–Crippen LogP) is 4.03. The lowest BCUT2D eigenvalue weighted by Crippen LogP contribution is -2.05. The molecule has 0 fully saturated rings. The largest absolute Gasteiger partial charge is 0.380 e. The van der Waals surface area contributed by atoms with E-state index in [9.17, 15) is 14.9 Å². The Labute approximate surface area is 161 Å². The van der Waals surface area contributed by atoms with Crippen LogP contribution in [0.15, 0.2) is 41.6 Å². The number of benzene rings is 2. The number of carbonyl (C=O) groups excluding carboxylic acids is 1. The lowest BCUT2D eigenvalue weighted by atomic mass is 10.1. The van der Waals surface area contributed by atoms with E-state index >= 15 is 0 Å². The SMILES string of the molecule is CCOCCn1c2ccc(/C(C)=N/OC(C)=O)cc2c2cc([N+](=O)[O-])ccc21. The van der Waals surface area contributed by atoms with E-state index in [2.05, 4.69) is 9.72 Å². The number of aromatic nitrogens is 1. The molecule has 28 heavy (non-hydrogen) atoms. The average molecular weight is 383 g/mol. The first kappa shape index (κ1) is 19.5. The Morgan fingerprint density at radius 3 is 2.46 bits per heavy atom. The molecule has 146 valence electrons. The number of fused-ring (bicyclic) bond motifs is 3. The van der Waals surface area contributed by atoms with E-state index in [1.54, 1.807) is 19.1 Å². The van der Waals surface area contributed by atoms with Crippen LogP contribution in [0.25, 0.3) is 21.8 Å². The van der Waals surface area contributed by atoms with Gasteiger partial charge in [0.25, 0.3) is 5.69 Å². The molecule has 0 bridgehead atoms. The van der Waals surface area contributed by atoms with Gasteiger partial charge in [-0.3, -0.25) is 10.1 Å². The molecule has 0 radical (unpaired) electrons. The lowest BCUT2D eigenvalue weighted by molar-refractivity contribution is -0.384. The summed E-state index contributed by atoms with van der Waals surface area (Å²) in [5.74, 6) is -0.497. The highest BCUT2D eigenvalue weighted by Crippen LogP contribution is 2.32. The van der Waals surface area contributed by atoms with Gasteiger partial charge in [-0.15, -0.1) is 0 Å². The fraction of sp³-hybridized carbons (Fsp3) is 0.300. The minimum Gasteiger partial charge on any atom is -0.380 e. The second-order valence-corrected chi connectivity index (χ2v) is 6.30. The molecule has 2 aromatic carbocycles. The second-order valence-electron chi connectivity index (χ2n) is 6.30. The zero-order chi connectivity index (χ0) is 20.3. The van der Waals surface area contributed by atoms with Crippen LogP contribution in [0.2, 0.25) is 0 Å². The third kappa shape index (κ3) is 3.86. The van der Waals surface area contributed by atoms with Gasteiger partial charge < -0.3 is 14.1 Å². The van der Waals surface area contributed by atoms with Gasteiger partial charge in [-0.25, -0.2) is 4.79 Å². The third-order valence-electron chi connectivity index (χ3n) is 4.45. The van der Waals surface area contributed by atoms with Crippen LogP contribution < -0.4 is 0 Å². The van der Waals surface area contributed by atoms with Crippen LogP contribution in [0.4, 0.5) is 5.69 Å². The Hall–Kier alpha value is -3.26. The van der Waals surface area contributed by atoms with Gasteiger partial charge in [0.1, 0.15) is 0 Å². The molecular formula is C20H21N3O5. The highest BCUT2D eigenvalue weighted by atomic mass is 16.7. The summed E-state index contributed by atoms with van der Waals surface area (Å²) in [6.07, 6.45) is 0. The number of nitro benzene ring substituents is 1. The molecule has 0 aliphatic heterocycles. The van der Waals surface area contributed by atoms with E-state index in [1.165, 1.54) is 13.0 Å². The standard InChI is InChI=1S/C20H21N3O5/c1-4-27-10-9-22-19-7-5-15(13(2)21-28-14(3)24)11-17(19)18-12-16(23(25)26)6-8-20(18)22/h5-8,11-12H,4,9-10H2,1-3H3/b21-13+. The predicted molar refractivity (Wildman–Crippen MR) is 107 cm³/mol. The summed E-state index contributed by atoms with van der Waals surface area (Å²) < 4.78 is 7.58. The summed E-state index contributed by atoms with van der Waals surface area (Å²) in [6, 6.07) is 10.6. The molecule has 0 aliphatic carbocycles. The molecule has 0 spiro atoms. The second kappa shape index (κ2) is 8.18. The quantitative estimate of drug-likeness (QED) is 0.202. The van der Waals surface area contributed by atoms with Gasteiger partial charge in [-0.1, -0.05) is 11.2 Å². The van der Waals surface area contributed by atoms with Gasteiger partial charge in [0, 0.05) is 54.0 Å². The van der Waals surface area contributed by atoms with Gasteiger partial charge in [-0.05, 0) is 37.6 Å². The highest BCUT2D eigenvalue weighted by Gasteiger charge is 2.16. The maximum absolute atomic E-state index is 11.2. The molecule has 0 aliphatic rings. The van der Waals surface area contributed by atoms with Crippen LogP contribution in [0, 0.1) is 10.1 Å². The molecule has 3 aromatic rings.